The van der Waals surface area contributed by atoms with Gasteiger partial charge in [0.2, 0.25) is 0 Å². The van der Waals surface area contributed by atoms with Gasteiger partial charge in [0, 0.05) is 24.4 Å². The van der Waals surface area contributed by atoms with Crippen molar-refractivity contribution in [2.45, 2.75) is 0 Å². The van der Waals surface area contributed by atoms with E-state index in [1.807, 2.05) is 6.26 Å². The molecule has 2 N–H and O–H groups in total. The van der Waals surface area contributed by atoms with Crippen molar-refractivity contribution in [1.82, 2.24) is 5.32 Å². The SMILES string of the molecule is C=C(CNCCSC)C(=O)O. The Morgan fingerprint density at radius 2 is 2.36 bits per heavy atom. The van der Waals surface area contributed by atoms with E-state index in [2.05, 4.69) is 11.9 Å². The predicted molar refractivity (Wildman–Crippen MR) is 48.0 cm³/mol. The Morgan fingerprint density at radius 3 is 2.82 bits per heavy atom. The highest BCUT2D eigenvalue weighted by molar-refractivity contribution is 7.98. The smallest absolute Gasteiger partial charge is 0.332 e. The molecule has 0 saturated carbocycles. The van der Waals surface area contributed by atoms with Crippen molar-refractivity contribution >= 4 is 17.7 Å². The fraction of sp³-hybridized carbons (Fsp3) is 0.571. The van der Waals surface area contributed by atoms with Crippen LogP contribution in [-0.4, -0.2) is 36.2 Å². The van der Waals surface area contributed by atoms with E-state index in [1.165, 1.54) is 0 Å². The summed E-state index contributed by atoms with van der Waals surface area (Å²) in [5.41, 5.74) is 0.214. The number of nitrogens with one attached hydrogen (secondary N) is 1. The Hall–Kier alpha value is -0.480. The molecule has 3 nitrogen and oxygen atoms in total. The third kappa shape index (κ3) is 5.94. The number of carbonyl (C=O) groups is 1. The van der Waals surface area contributed by atoms with Crippen LogP contribution in [0.4, 0.5) is 0 Å². The molecule has 0 bridgehead atoms. The Balaban J connectivity index is 3.25. The lowest BCUT2D eigenvalue weighted by molar-refractivity contribution is -0.132. The number of hydrogen-bond donors (Lipinski definition) is 2. The summed E-state index contributed by atoms with van der Waals surface area (Å²) < 4.78 is 0. The average Bonchev–Trinajstić information content (AvgIpc) is 1.97. The quantitative estimate of drug-likeness (QED) is 0.458. The van der Waals surface area contributed by atoms with Gasteiger partial charge in [-0.1, -0.05) is 6.58 Å². The van der Waals surface area contributed by atoms with Crippen LogP contribution in [0.5, 0.6) is 0 Å². The number of thioether (sulfide) groups is 1. The van der Waals surface area contributed by atoms with Crippen molar-refractivity contribution in [3.63, 3.8) is 0 Å². The molecule has 0 aromatic carbocycles. The van der Waals surface area contributed by atoms with E-state index in [9.17, 15) is 4.79 Å². The summed E-state index contributed by atoms with van der Waals surface area (Å²) in [6, 6.07) is 0. The highest BCUT2D eigenvalue weighted by atomic mass is 32.2. The van der Waals surface area contributed by atoms with Gasteiger partial charge >= 0.3 is 5.97 Å². The van der Waals surface area contributed by atoms with E-state index in [0.29, 0.717) is 6.54 Å². The highest BCUT2D eigenvalue weighted by Gasteiger charge is 2.01. The molecule has 0 spiro atoms. The normalized spacial score (nSPS) is 9.55. The van der Waals surface area contributed by atoms with Crippen molar-refractivity contribution in [3.8, 4) is 0 Å². The first-order valence-corrected chi connectivity index (χ1v) is 4.68. The van der Waals surface area contributed by atoms with Gasteiger partial charge in [-0.25, -0.2) is 4.79 Å². The lowest BCUT2D eigenvalue weighted by Gasteiger charge is -2.01. The summed E-state index contributed by atoms with van der Waals surface area (Å²) in [5, 5.41) is 11.4. The van der Waals surface area contributed by atoms with E-state index < -0.39 is 5.97 Å². The first kappa shape index (κ1) is 10.5. The summed E-state index contributed by atoms with van der Waals surface area (Å²) in [6.07, 6.45) is 2.01. The van der Waals surface area contributed by atoms with Gasteiger partial charge in [0.05, 0.1) is 0 Å². The maximum atomic E-state index is 10.2. The largest absolute Gasteiger partial charge is 0.478 e. The van der Waals surface area contributed by atoms with Crippen molar-refractivity contribution in [1.29, 1.82) is 0 Å². The second kappa shape index (κ2) is 6.24. The highest BCUT2D eigenvalue weighted by Crippen LogP contribution is 1.89. The van der Waals surface area contributed by atoms with E-state index in [4.69, 9.17) is 5.11 Å². The molecule has 0 aliphatic rings. The topological polar surface area (TPSA) is 49.3 Å². The molecule has 0 aliphatic carbocycles. The average molecular weight is 175 g/mol. The maximum absolute atomic E-state index is 10.2. The first-order valence-electron chi connectivity index (χ1n) is 3.29. The second-order valence-corrected chi connectivity index (χ2v) is 3.06. The molecule has 11 heavy (non-hydrogen) atoms. The minimum absolute atomic E-state index is 0.214. The molecule has 0 rings (SSSR count). The molecule has 0 unspecified atom stereocenters. The molecular formula is C7H13NO2S. The first-order chi connectivity index (χ1) is 5.18. The molecule has 0 radical (unpaired) electrons. The number of carboxylic acids is 1. The Morgan fingerprint density at radius 1 is 1.73 bits per heavy atom. The lowest BCUT2D eigenvalue weighted by atomic mass is 10.3. The predicted octanol–water partition coefficient (Wildman–Crippen LogP) is 0.580. The van der Waals surface area contributed by atoms with Crippen LogP contribution in [0.2, 0.25) is 0 Å². The van der Waals surface area contributed by atoms with Crippen LogP contribution < -0.4 is 5.32 Å². The minimum atomic E-state index is -0.929. The van der Waals surface area contributed by atoms with Crippen LogP contribution in [-0.2, 0) is 4.79 Å². The van der Waals surface area contributed by atoms with Crippen LogP contribution >= 0.6 is 11.8 Å². The molecule has 0 aliphatic heterocycles. The molecule has 0 amide bonds. The second-order valence-electron chi connectivity index (χ2n) is 2.08. The van der Waals surface area contributed by atoms with Crippen molar-refractivity contribution in [3.05, 3.63) is 12.2 Å². The van der Waals surface area contributed by atoms with Gasteiger partial charge in [-0.05, 0) is 6.26 Å². The zero-order valence-corrected chi connectivity index (χ0v) is 7.41. The van der Waals surface area contributed by atoms with Crippen LogP contribution in [0.3, 0.4) is 0 Å². The van der Waals surface area contributed by atoms with E-state index in [1.54, 1.807) is 11.8 Å². The monoisotopic (exact) mass is 175 g/mol. The minimum Gasteiger partial charge on any atom is -0.478 e. The summed E-state index contributed by atoms with van der Waals surface area (Å²) in [5.74, 6) is 0.0639. The fourth-order valence-electron chi connectivity index (χ4n) is 0.489. The van der Waals surface area contributed by atoms with Crippen LogP contribution in [0.1, 0.15) is 0 Å². The number of aliphatic carboxylic acids is 1. The third-order valence-corrected chi connectivity index (χ3v) is 1.74. The molecule has 0 fully saturated rings. The molecule has 0 saturated heterocycles. The number of rotatable bonds is 6. The lowest BCUT2D eigenvalue weighted by Crippen LogP contribution is -2.22. The number of carboxylic acid groups (broad SMARTS) is 1. The molecular weight excluding hydrogens is 162 g/mol. The Bertz CT molecular complexity index is 147. The summed E-state index contributed by atoms with van der Waals surface area (Å²) in [6.45, 7) is 4.58. The van der Waals surface area contributed by atoms with Gasteiger partial charge in [0.25, 0.3) is 0 Å². The zero-order valence-electron chi connectivity index (χ0n) is 6.59. The van der Waals surface area contributed by atoms with Gasteiger partial charge in [0.1, 0.15) is 0 Å². The van der Waals surface area contributed by atoms with Gasteiger partial charge in [0.15, 0.2) is 0 Å². The maximum Gasteiger partial charge on any atom is 0.332 e. The summed E-state index contributed by atoms with van der Waals surface area (Å²) in [4.78, 5) is 10.2. The van der Waals surface area contributed by atoms with Crippen molar-refractivity contribution < 1.29 is 9.90 Å². The Kier molecular flexibility index (Phi) is 5.97. The van der Waals surface area contributed by atoms with E-state index >= 15 is 0 Å². The molecule has 64 valence electrons. The summed E-state index contributed by atoms with van der Waals surface area (Å²) in [7, 11) is 0. The van der Waals surface area contributed by atoms with Gasteiger partial charge in [-0.15, -0.1) is 0 Å². The van der Waals surface area contributed by atoms with E-state index in [0.717, 1.165) is 12.3 Å². The Labute approximate surface area is 70.9 Å². The molecule has 0 aromatic heterocycles. The fourth-order valence-corrected chi connectivity index (χ4v) is 0.838. The molecule has 0 heterocycles. The van der Waals surface area contributed by atoms with Gasteiger partial charge in [-0.2, -0.15) is 11.8 Å². The van der Waals surface area contributed by atoms with Crippen molar-refractivity contribution in [2.24, 2.45) is 0 Å². The van der Waals surface area contributed by atoms with Crippen LogP contribution in [0.15, 0.2) is 12.2 Å². The van der Waals surface area contributed by atoms with Crippen LogP contribution in [0.25, 0.3) is 0 Å². The summed E-state index contributed by atoms with van der Waals surface area (Å²) >= 11 is 1.72. The van der Waals surface area contributed by atoms with Gasteiger partial charge < -0.3 is 10.4 Å². The van der Waals surface area contributed by atoms with E-state index in [-0.39, 0.29) is 5.57 Å². The molecule has 0 aromatic rings. The molecule has 4 heteroatoms. The number of hydrogen-bond acceptors (Lipinski definition) is 3. The zero-order chi connectivity index (χ0) is 8.69. The van der Waals surface area contributed by atoms with Crippen LogP contribution in [0, 0.1) is 0 Å². The van der Waals surface area contributed by atoms with Gasteiger partial charge in [-0.3, -0.25) is 0 Å². The van der Waals surface area contributed by atoms with Crippen molar-refractivity contribution in [2.75, 3.05) is 25.1 Å². The molecule has 0 atom stereocenters. The standard InChI is InChI=1S/C7H13NO2S/c1-6(7(9)10)5-8-3-4-11-2/h8H,1,3-5H2,2H3,(H,9,10). The third-order valence-electron chi connectivity index (χ3n) is 1.12.